The van der Waals surface area contributed by atoms with Crippen molar-refractivity contribution < 1.29 is 4.79 Å². The minimum absolute atomic E-state index is 0.250. The second-order valence-electron chi connectivity index (χ2n) is 6.43. The summed E-state index contributed by atoms with van der Waals surface area (Å²) in [7, 11) is 0. The van der Waals surface area contributed by atoms with E-state index in [0.717, 1.165) is 32.4 Å². The lowest BCUT2D eigenvalue weighted by molar-refractivity contribution is -0.141. The Morgan fingerprint density at radius 3 is 2.53 bits per heavy atom. The molecule has 3 heteroatoms. The van der Waals surface area contributed by atoms with Crippen molar-refractivity contribution in [3.05, 3.63) is 0 Å². The van der Waals surface area contributed by atoms with Crippen LogP contribution in [0.5, 0.6) is 0 Å². The minimum Gasteiger partial charge on any atom is -0.342 e. The molecule has 3 nitrogen and oxygen atoms in total. The average Bonchev–Trinajstić information content (AvgIpc) is 2.48. The Kier molecular flexibility index (Phi) is 4.59. The van der Waals surface area contributed by atoms with Crippen LogP contribution in [-0.2, 0) is 4.79 Å². The lowest BCUT2D eigenvalue weighted by Gasteiger charge is -2.32. The van der Waals surface area contributed by atoms with Crippen molar-refractivity contribution >= 4 is 5.91 Å². The molecule has 1 saturated heterocycles. The molecule has 1 fully saturated rings. The summed E-state index contributed by atoms with van der Waals surface area (Å²) < 4.78 is 0. The van der Waals surface area contributed by atoms with Gasteiger partial charge < -0.3 is 10.6 Å². The fraction of sp³-hybridized carbons (Fsp3) is 0.929. The predicted molar refractivity (Wildman–Crippen MR) is 71.7 cm³/mol. The van der Waals surface area contributed by atoms with Gasteiger partial charge in [-0.1, -0.05) is 20.8 Å². The van der Waals surface area contributed by atoms with Crippen LogP contribution in [0.2, 0.25) is 0 Å². The van der Waals surface area contributed by atoms with Crippen LogP contribution in [0.4, 0.5) is 0 Å². The molecule has 0 saturated carbocycles. The number of amides is 1. The van der Waals surface area contributed by atoms with Crippen LogP contribution < -0.4 is 5.73 Å². The molecule has 0 aromatic rings. The zero-order chi connectivity index (χ0) is 13.1. The van der Waals surface area contributed by atoms with E-state index in [1.165, 1.54) is 6.42 Å². The van der Waals surface area contributed by atoms with E-state index in [1.54, 1.807) is 0 Å². The van der Waals surface area contributed by atoms with Crippen molar-refractivity contribution in [3.8, 4) is 0 Å². The van der Waals surface area contributed by atoms with Gasteiger partial charge in [-0.3, -0.25) is 4.79 Å². The van der Waals surface area contributed by atoms with E-state index in [0.29, 0.717) is 12.0 Å². The topological polar surface area (TPSA) is 46.3 Å². The van der Waals surface area contributed by atoms with Gasteiger partial charge in [0.1, 0.15) is 0 Å². The highest BCUT2D eigenvalue weighted by Crippen LogP contribution is 2.32. The van der Waals surface area contributed by atoms with Crippen LogP contribution in [0.1, 0.15) is 53.4 Å². The number of likely N-dealkylation sites (tertiary alicyclic amines) is 1. The summed E-state index contributed by atoms with van der Waals surface area (Å²) in [6.45, 7) is 10.9. The van der Waals surface area contributed by atoms with E-state index in [-0.39, 0.29) is 11.3 Å². The molecule has 0 bridgehead atoms. The van der Waals surface area contributed by atoms with Gasteiger partial charge in [-0.2, -0.15) is 0 Å². The third kappa shape index (κ3) is 3.44. The van der Waals surface area contributed by atoms with Crippen LogP contribution in [-0.4, -0.2) is 30.4 Å². The second-order valence-corrected chi connectivity index (χ2v) is 6.43. The Labute approximate surface area is 106 Å². The zero-order valence-corrected chi connectivity index (χ0v) is 11.9. The van der Waals surface area contributed by atoms with Gasteiger partial charge in [0.15, 0.2) is 0 Å². The number of hydrogen-bond acceptors (Lipinski definition) is 2. The highest BCUT2D eigenvalue weighted by molar-refractivity contribution is 5.82. The van der Waals surface area contributed by atoms with E-state index in [9.17, 15) is 4.79 Å². The summed E-state index contributed by atoms with van der Waals surface area (Å²) >= 11 is 0. The molecule has 1 amide bonds. The number of hydrogen-bond donors (Lipinski definition) is 1. The number of rotatable bonds is 3. The number of carbonyl (C=O) groups is 1. The number of nitrogens with two attached hydrogens (primary N) is 1. The first-order valence-corrected chi connectivity index (χ1v) is 6.84. The fourth-order valence-electron chi connectivity index (χ4n) is 2.39. The summed E-state index contributed by atoms with van der Waals surface area (Å²) in [5, 5.41) is 0. The SMILES string of the molecule is CCC(C)(CN)C(=O)N1CCCC(C)(C)CC1. The van der Waals surface area contributed by atoms with Gasteiger partial charge in [-0.05, 0) is 38.0 Å². The largest absolute Gasteiger partial charge is 0.342 e. The van der Waals surface area contributed by atoms with Gasteiger partial charge in [-0.25, -0.2) is 0 Å². The first kappa shape index (κ1) is 14.5. The molecule has 0 radical (unpaired) electrons. The van der Waals surface area contributed by atoms with Crippen molar-refractivity contribution in [1.29, 1.82) is 0 Å². The summed E-state index contributed by atoms with van der Waals surface area (Å²) in [5.41, 5.74) is 5.78. The van der Waals surface area contributed by atoms with Crippen LogP contribution >= 0.6 is 0 Å². The average molecular weight is 240 g/mol. The lowest BCUT2D eigenvalue weighted by Crippen LogP contribution is -2.46. The third-order valence-corrected chi connectivity index (χ3v) is 4.37. The van der Waals surface area contributed by atoms with Crippen LogP contribution in [0, 0.1) is 10.8 Å². The minimum atomic E-state index is -0.367. The molecule has 0 aliphatic carbocycles. The second kappa shape index (κ2) is 5.38. The number of nitrogens with zero attached hydrogens (tertiary/aromatic N) is 1. The van der Waals surface area contributed by atoms with E-state index in [1.807, 2.05) is 18.7 Å². The smallest absolute Gasteiger partial charge is 0.229 e. The van der Waals surface area contributed by atoms with Crippen LogP contribution in [0.3, 0.4) is 0 Å². The molecule has 100 valence electrons. The molecular weight excluding hydrogens is 212 g/mol. The normalized spacial score (nSPS) is 23.9. The first-order chi connectivity index (χ1) is 7.84. The van der Waals surface area contributed by atoms with Crippen molar-refractivity contribution in [2.24, 2.45) is 16.6 Å². The Hall–Kier alpha value is -0.570. The maximum atomic E-state index is 12.5. The zero-order valence-electron chi connectivity index (χ0n) is 11.9. The summed E-state index contributed by atoms with van der Waals surface area (Å²) in [6.07, 6.45) is 4.25. The van der Waals surface area contributed by atoms with Gasteiger partial charge in [0.05, 0.1) is 5.41 Å². The van der Waals surface area contributed by atoms with Gasteiger partial charge >= 0.3 is 0 Å². The molecule has 0 aromatic carbocycles. The molecular formula is C14H28N2O. The monoisotopic (exact) mass is 240 g/mol. The molecule has 1 rings (SSSR count). The molecule has 1 aliphatic heterocycles. The summed E-state index contributed by atoms with van der Waals surface area (Å²) in [6, 6.07) is 0. The van der Waals surface area contributed by atoms with Crippen molar-refractivity contribution in [3.63, 3.8) is 0 Å². The van der Waals surface area contributed by atoms with Gasteiger partial charge in [0.2, 0.25) is 5.91 Å². The molecule has 17 heavy (non-hydrogen) atoms. The van der Waals surface area contributed by atoms with Crippen LogP contribution in [0.15, 0.2) is 0 Å². The Bertz CT molecular complexity index is 269. The Morgan fingerprint density at radius 2 is 2.00 bits per heavy atom. The maximum absolute atomic E-state index is 12.5. The van der Waals surface area contributed by atoms with E-state index in [2.05, 4.69) is 13.8 Å². The maximum Gasteiger partial charge on any atom is 0.229 e. The summed E-state index contributed by atoms with van der Waals surface area (Å²) in [4.78, 5) is 14.5. The Balaban J connectivity index is 2.70. The highest BCUT2D eigenvalue weighted by Gasteiger charge is 2.35. The Morgan fingerprint density at radius 1 is 1.35 bits per heavy atom. The number of carbonyl (C=O) groups excluding carboxylic acids is 1. The highest BCUT2D eigenvalue weighted by atomic mass is 16.2. The summed E-state index contributed by atoms with van der Waals surface area (Å²) in [5.74, 6) is 0.250. The van der Waals surface area contributed by atoms with Crippen molar-refractivity contribution in [2.75, 3.05) is 19.6 Å². The molecule has 2 N–H and O–H groups in total. The molecule has 0 aromatic heterocycles. The molecule has 1 unspecified atom stereocenters. The molecule has 0 spiro atoms. The molecule has 1 aliphatic rings. The van der Waals surface area contributed by atoms with Crippen LogP contribution in [0.25, 0.3) is 0 Å². The van der Waals surface area contributed by atoms with E-state index in [4.69, 9.17) is 5.73 Å². The lowest BCUT2D eigenvalue weighted by atomic mass is 9.85. The molecule has 1 heterocycles. The third-order valence-electron chi connectivity index (χ3n) is 4.37. The van der Waals surface area contributed by atoms with Crippen molar-refractivity contribution in [1.82, 2.24) is 4.90 Å². The predicted octanol–water partition coefficient (Wildman–Crippen LogP) is 2.40. The van der Waals surface area contributed by atoms with E-state index < -0.39 is 0 Å². The standard InChI is InChI=1S/C14H28N2O/c1-5-14(4,11-15)12(17)16-9-6-7-13(2,3)8-10-16/h5-11,15H2,1-4H3. The molecule has 1 atom stereocenters. The van der Waals surface area contributed by atoms with Gasteiger partial charge in [-0.15, -0.1) is 0 Å². The quantitative estimate of drug-likeness (QED) is 0.823. The van der Waals surface area contributed by atoms with Crippen molar-refractivity contribution in [2.45, 2.75) is 53.4 Å². The van der Waals surface area contributed by atoms with Gasteiger partial charge in [0, 0.05) is 19.6 Å². The van der Waals surface area contributed by atoms with Gasteiger partial charge in [0.25, 0.3) is 0 Å². The first-order valence-electron chi connectivity index (χ1n) is 6.84. The van der Waals surface area contributed by atoms with E-state index >= 15 is 0 Å². The fourth-order valence-corrected chi connectivity index (χ4v) is 2.39.